The first kappa shape index (κ1) is 20.7. The molecule has 1 aromatic heterocycles. The first-order chi connectivity index (χ1) is 14.0. The van der Waals surface area contributed by atoms with Crippen LogP contribution in [0.15, 0.2) is 39.5 Å². The summed E-state index contributed by atoms with van der Waals surface area (Å²) < 4.78 is 7.48. The number of rotatable bonds is 5. The van der Waals surface area contributed by atoms with E-state index >= 15 is 0 Å². The molecule has 0 spiro atoms. The molecule has 1 N–H and O–H groups in total. The molecule has 1 aliphatic carbocycles. The molecule has 0 fully saturated rings. The minimum Gasteiger partial charge on any atom is -0.452 e. The van der Waals surface area contributed by atoms with Gasteiger partial charge in [0.15, 0.2) is 11.9 Å². The molecule has 2 heterocycles. The summed E-state index contributed by atoms with van der Waals surface area (Å²) in [7, 11) is 0. The Morgan fingerprint density at radius 2 is 2.17 bits per heavy atom. The molecular weight excluding hydrogens is 448 g/mol. The fraction of sp³-hybridized carbons (Fsp3) is 0.500. The molecule has 154 valence electrons. The van der Waals surface area contributed by atoms with E-state index in [1.54, 1.807) is 11.8 Å². The number of thioether (sulfide) groups is 1. The molecule has 2 aliphatic rings. The lowest BCUT2D eigenvalue weighted by atomic mass is 9.80. The zero-order valence-corrected chi connectivity index (χ0v) is 19.5. The van der Waals surface area contributed by atoms with Gasteiger partial charge in [-0.05, 0) is 50.3 Å². The number of hydrogen-bond acceptors (Lipinski definition) is 6. The number of ether oxygens (including phenoxy) is 1. The fourth-order valence-corrected chi connectivity index (χ4v) is 5.21. The molecule has 0 radical (unpaired) electrons. The number of benzene rings is 1. The predicted molar refractivity (Wildman–Crippen MR) is 122 cm³/mol. The average Bonchev–Trinajstić information content (AvgIpc) is 2.84. The van der Waals surface area contributed by atoms with E-state index in [0.717, 1.165) is 47.2 Å². The lowest BCUT2D eigenvalue weighted by Gasteiger charge is -2.34. The highest BCUT2D eigenvalue weighted by molar-refractivity contribution is 9.10. The Bertz CT molecular complexity index is 920. The molecule has 1 aromatic carbocycles. The van der Waals surface area contributed by atoms with Crippen LogP contribution >= 0.6 is 27.7 Å². The summed E-state index contributed by atoms with van der Waals surface area (Å²) in [5, 5.41) is 13.2. The van der Waals surface area contributed by atoms with Crippen molar-refractivity contribution in [1.29, 1.82) is 0 Å². The second kappa shape index (κ2) is 9.04. The Balaban J connectivity index is 1.71. The lowest BCUT2D eigenvalue weighted by molar-refractivity contribution is 0.114. The number of nitrogens with zero attached hydrogens (tertiary/aromatic N) is 3. The second-order valence-corrected chi connectivity index (χ2v) is 9.93. The molecule has 0 saturated carbocycles. The van der Waals surface area contributed by atoms with Gasteiger partial charge in [0.05, 0.1) is 0 Å². The second-order valence-electron chi connectivity index (χ2n) is 7.95. The summed E-state index contributed by atoms with van der Waals surface area (Å²) in [5.74, 6) is 2.47. The maximum Gasteiger partial charge on any atom is 0.247 e. The SMILES string of the molecule is CCCCSc1nnc2c(n1)O[C@H]([C@@H]1CC=C(C)C[C@@H]1C)Nc1ccc(Br)cc1-2. The van der Waals surface area contributed by atoms with Gasteiger partial charge in [-0.15, -0.1) is 10.2 Å². The minimum absolute atomic E-state index is 0.152. The first-order valence-electron chi connectivity index (χ1n) is 10.3. The molecule has 0 amide bonds. The van der Waals surface area contributed by atoms with Crippen LogP contribution in [0.1, 0.15) is 46.5 Å². The van der Waals surface area contributed by atoms with Gasteiger partial charge in [0.2, 0.25) is 11.0 Å². The average molecular weight is 475 g/mol. The molecule has 0 unspecified atom stereocenters. The van der Waals surface area contributed by atoms with Gasteiger partial charge in [0, 0.05) is 27.4 Å². The third kappa shape index (κ3) is 4.61. The number of anilines is 1. The molecule has 2 aromatic rings. The Morgan fingerprint density at radius 1 is 1.31 bits per heavy atom. The molecule has 29 heavy (non-hydrogen) atoms. The Labute approximate surface area is 185 Å². The highest BCUT2D eigenvalue weighted by atomic mass is 79.9. The van der Waals surface area contributed by atoms with Crippen LogP contribution < -0.4 is 10.1 Å². The summed E-state index contributed by atoms with van der Waals surface area (Å²) in [6.45, 7) is 6.71. The first-order valence-corrected chi connectivity index (χ1v) is 12.1. The summed E-state index contributed by atoms with van der Waals surface area (Å²) >= 11 is 5.23. The van der Waals surface area contributed by atoms with Crippen molar-refractivity contribution in [2.75, 3.05) is 11.1 Å². The minimum atomic E-state index is -0.152. The predicted octanol–water partition coefficient (Wildman–Crippen LogP) is 6.32. The van der Waals surface area contributed by atoms with Gasteiger partial charge in [-0.2, -0.15) is 4.98 Å². The number of nitrogens with one attached hydrogen (secondary N) is 1. The van der Waals surface area contributed by atoms with E-state index in [-0.39, 0.29) is 6.23 Å². The molecule has 0 bridgehead atoms. The van der Waals surface area contributed by atoms with Crippen LogP contribution in [0.25, 0.3) is 11.3 Å². The van der Waals surface area contributed by atoms with Gasteiger partial charge in [-0.1, -0.05) is 59.6 Å². The van der Waals surface area contributed by atoms with Gasteiger partial charge < -0.3 is 10.1 Å². The van der Waals surface area contributed by atoms with Crippen molar-refractivity contribution in [2.24, 2.45) is 11.8 Å². The van der Waals surface area contributed by atoms with Crippen molar-refractivity contribution in [2.45, 2.75) is 57.8 Å². The highest BCUT2D eigenvalue weighted by Gasteiger charge is 2.34. The third-order valence-corrected chi connectivity index (χ3v) is 7.06. The molecule has 4 rings (SSSR count). The van der Waals surface area contributed by atoms with Gasteiger partial charge >= 0.3 is 0 Å². The standard InChI is InChI=1S/C22H27BrN4OS/c1-4-5-10-29-22-25-21-19(26-27-22)17-12-15(23)7-9-18(17)24-20(28-21)16-8-6-13(2)11-14(16)3/h6-7,9,12,14,16,20,24H,4-5,8,10-11H2,1-3H3/t14-,16+,20+/m0/s1. The maximum absolute atomic E-state index is 6.49. The smallest absolute Gasteiger partial charge is 0.247 e. The third-order valence-electron chi connectivity index (χ3n) is 5.64. The van der Waals surface area contributed by atoms with E-state index in [0.29, 0.717) is 28.6 Å². The topological polar surface area (TPSA) is 59.9 Å². The molecule has 3 atom stereocenters. The van der Waals surface area contributed by atoms with Gasteiger partial charge in [-0.25, -0.2) is 0 Å². The molecule has 1 aliphatic heterocycles. The van der Waals surface area contributed by atoms with Crippen LogP contribution in [-0.2, 0) is 0 Å². The summed E-state index contributed by atoms with van der Waals surface area (Å²) in [6.07, 6.45) is 6.59. The van der Waals surface area contributed by atoms with E-state index in [1.807, 2.05) is 6.07 Å². The van der Waals surface area contributed by atoms with Crippen molar-refractivity contribution in [3.05, 3.63) is 34.3 Å². The zero-order valence-electron chi connectivity index (χ0n) is 17.1. The van der Waals surface area contributed by atoms with Crippen LogP contribution in [0.3, 0.4) is 0 Å². The maximum atomic E-state index is 6.49. The van der Waals surface area contributed by atoms with Crippen LogP contribution in [-0.4, -0.2) is 27.2 Å². The summed E-state index contributed by atoms with van der Waals surface area (Å²) in [4.78, 5) is 4.76. The van der Waals surface area contributed by atoms with E-state index in [1.165, 1.54) is 5.57 Å². The number of allylic oxidation sites excluding steroid dienone is 2. The summed E-state index contributed by atoms with van der Waals surface area (Å²) in [5.41, 5.74) is 4.15. The van der Waals surface area contributed by atoms with E-state index in [4.69, 9.17) is 9.72 Å². The van der Waals surface area contributed by atoms with E-state index in [2.05, 4.69) is 70.4 Å². The van der Waals surface area contributed by atoms with Crippen molar-refractivity contribution in [1.82, 2.24) is 15.2 Å². The number of fused-ring (bicyclic) bond motifs is 3. The number of hydrogen-bond donors (Lipinski definition) is 1. The normalized spacial score (nSPS) is 23.2. The van der Waals surface area contributed by atoms with Crippen molar-refractivity contribution >= 4 is 33.4 Å². The van der Waals surface area contributed by atoms with Gasteiger partial charge in [-0.3, -0.25) is 0 Å². The number of aromatic nitrogens is 3. The Morgan fingerprint density at radius 3 is 2.97 bits per heavy atom. The number of unbranched alkanes of at least 4 members (excludes halogenated alkanes) is 1. The lowest BCUT2D eigenvalue weighted by Crippen LogP contribution is -2.39. The fourth-order valence-electron chi connectivity index (χ4n) is 3.99. The monoisotopic (exact) mass is 474 g/mol. The molecule has 5 nitrogen and oxygen atoms in total. The Kier molecular flexibility index (Phi) is 6.44. The van der Waals surface area contributed by atoms with Crippen LogP contribution in [0.2, 0.25) is 0 Å². The van der Waals surface area contributed by atoms with Crippen molar-refractivity contribution in [3.8, 4) is 17.1 Å². The van der Waals surface area contributed by atoms with Gasteiger partial charge in [0.1, 0.15) is 0 Å². The largest absolute Gasteiger partial charge is 0.452 e. The Hall–Kier alpha value is -1.60. The molecular formula is C22H27BrN4OS. The van der Waals surface area contributed by atoms with Crippen molar-refractivity contribution in [3.63, 3.8) is 0 Å². The molecule has 7 heteroatoms. The van der Waals surface area contributed by atoms with E-state index in [9.17, 15) is 0 Å². The van der Waals surface area contributed by atoms with E-state index < -0.39 is 0 Å². The van der Waals surface area contributed by atoms with Crippen LogP contribution in [0.5, 0.6) is 5.88 Å². The number of halogens is 1. The summed E-state index contributed by atoms with van der Waals surface area (Å²) in [6, 6.07) is 6.17. The highest BCUT2D eigenvalue weighted by Crippen LogP contribution is 2.41. The molecule has 0 saturated heterocycles. The van der Waals surface area contributed by atoms with Crippen LogP contribution in [0.4, 0.5) is 5.69 Å². The van der Waals surface area contributed by atoms with Gasteiger partial charge in [0.25, 0.3) is 0 Å². The van der Waals surface area contributed by atoms with Crippen molar-refractivity contribution < 1.29 is 4.74 Å². The van der Waals surface area contributed by atoms with Crippen LogP contribution in [0, 0.1) is 11.8 Å². The zero-order chi connectivity index (χ0) is 20.4. The quantitative estimate of drug-likeness (QED) is 0.310.